The van der Waals surface area contributed by atoms with E-state index in [9.17, 15) is 26.7 Å². The van der Waals surface area contributed by atoms with Gasteiger partial charge in [0.25, 0.3) is 0 Å². The molecule has 0 bridgehead atoms. The molecule has 0 radical (unpaired) electrons. The molecule has 1 aromatic rings. The maximum absolute atomic E-state index is 12.8. The molecule has 1 rings (SSSR count). The lowest BCUT2D eigenvalue weighted by molar-refractivity contribution is -0.142. The summed E-state index contributed by atoms with van der Waals surface area (Å²) in [5, 5.41) is 8.87. The predicted molar refractivity (Wildman–Crippen MR) is 63.1 cm³/mol. The number of esters is 1. The van der Waals surface area contributed by atoms with Crippen LogP contribution in [0.15, 0.2) is 12.1 Å². The van der Waals surface area contributed by atoms with Gasteiger partial charge in [-0.15, -0.1) is 0 Å². The molecule has 0 saturated carbocycles. The van der Waals surface area contributed by atoms with Gasteiger partial charge in [0.15, 0.2) is 0 Å². The minimum Gasteiger partial charge on any atom is -0.466 e. The Bertz CT molecular complexity index is 593. The molecule has 0 aliphatic carbocycles. The SMILES string of the molecule is CCOC(=O)Cc1cc(OC(F)F)c(C(F)(F)F)cc1C#N. The van der Waals surface area contributed by atoms with Crippen molar-refractivity contribution < 1.29 is 36.2 Å². The van der Waals surface area contributed by atoms with Crippen molar-refractivity contribution in [2.24, 2.45) is 0 Å². The number of rotatable bonds is 5. The van der Waals surface area contributed by atoms with Crippen LogP contribution >= 0.6 is 0 Å². The maximum Gasteiger partial charge on any atom is 0.420 e. The molecule has 0 atom stereocenters. The van der Waals surface area contributed by atoms with E-state index in [1.54, 1.807) is 0 Å². The van der Waals surface area contributed by atoms with Crippen LogP contribution in [0.2, 0.25) is 0 Å². The molecule has 0 saturated heterocycles. The second-order valence-electron chi connectivity index (χ2n) is 3.98. The third-order valence-electron chi connectivity index (χ3n) is 2.49. The summed E-state index contributed by atoms with van der Waals surface area (Å²) in [5.74, 6) is -1.96. The maximum atomic E-state index is 12.8. The van der Waals surface area contributed by atoms with E-state index in [0.717, 1.165) is 0 Å². The lowest BCUT2D eigenvalue weighted by Crippen LogP contribution is -2.14. The van der Waals surface area contributed by atoms with Crippen molar-refractivity contribution in [3.05, 3.63) is 28.8 Å². The average molecular weight is 323 g/mol. The van der Waals surface area contributed by atoms with E-state index in [0.29, 0.717) is 12.1 Å². The van der Waals surface area contributed by atoms with E-state index in [2.05, 4.69) is 9.47 Å². The molecule has 0 N–H and O–H groups in total. The van der Waals surface area contributed by atoms with Gasteiger partial charge in [-0.3, -0.25) is 4.79 Å². The van der Waals surface area contributed by atoms with Gasteiger partial charge in [-0.25, -0.2) is 0 Å². The molecule has 0 spiro atoms. The van der Waals surface area contributed by atoms with Crippen molar-refractivity contribution in [3.8, 4) is 11.8 Å². The van der Waals surface area contributed by atoms with Crippen LogP contribution in [0.3, 0.4) is 0 Å². The summed E-state index contributed by atoms with van der Waals surface area (Å²) in [6.07, 6.45) is -5.52. The van der Waals surface area contributed by atoms with E-state index in [1.807, 2.05) is 0 Å². The van der Waals surface area contributed by atoms with Crippen molar-refractivity contribution >= 4 is 5.97 Å². The van der Waals surface area contributed by atoms with E-state index < -0.39 is 42.1 Å². The summed E-state index contributed by atoms with van der Waals surface area (Å²) < 4.78 is 71.3. The number of ether oxygens (including phenoxy) is 2. The number of benzene rings is 1. The molecular formula is C13H10F5NO3. The highest BCUT2D eigenvalue weighted by molar-refractivity contribution is 5.74. The monoisotopic (exact) mass is 323 g/mol. The number of carbonyl (C=O) groups excluding carboxylic acids is 1. The minimum atomic E-state index is -4.99. The third-order valence-corrected chi connectivity index (χ3v) is 2.49. The fourth-order valence-electron chi connectivity index (χ4n) is 1.65. The molecule has 0 aliphatic rings. The van der Waals surface area contributed by atoms with Crippen LogP contribution in [0.4, 0.5) is 22.0 Å². The van der Waals surface area contributed by atoms with Crippen molar-refractivity contribution in [1.82, 2.24) is 0 Å². The topological polar surface area (TPSA) is 59.3 Å². The smallest absolute Gasteiger partial charge is 0.420 e. The summed E-state index contributed by atoms with van der Waals surface area (Å²) in [6.45, 7) is -1.94. The van der Waals surface area contributed by atoms with Gasteiger partial charge in [0, 0.05) is 0 Å². The molecule has 0 amide bonds. The van der Waals surface area contributed by atoms with Crippen LogP contribution in [0, 0.1) is 11.3 Å². The van der Waals surface area contributed by atoms with Crippen molar-refractivity contribution in [2.75, 3.05) is 6.61 Å². The number of hydrogen-bond acceptors (Lipinski definition) is 4. The van der Waals surface area contributed by atoms with Crippen molar-refractivity contribution in [1.29, 1.82) is 5.26 Å². The molecular weight excluding hydrogens is 313 g/mol. The first-order chi connectivity index (χ1) is 10.2. The number of nitriles is 1. The Morgan fingerprint density at radius 2 is 2.00 bits per heavy atom. The Morgan fingerprint density at radius 3 is 2.45 bits per heavy atom. The molecule has 0 fully saturated rings. The molecule has 1 aromatic carbocycles. The Hall–Kier alpha value is -2.37. The van der Waals surface area contributed by atoms with E-state index >= 15 is 0 Å². The first-order valence-electron chi connectivity index (χ1n) is 5.93. The normalized spacial score (nSPS) is 11.2. The minimum absolute atomic E-state index is 0.0295. The first-order valence-corrected chi connectivity index (χ1v) is 5.93. The Kier molecular flexibility index (Phi) is 5.68. The Morgan fingerprint density at radius 1 is 1.36 bits per heavy atom. The van der Waals surface area contributed by atoms with Gasteiger partial charge in [-0.05, 0) is 24.6 Å². The Balaban J connectivity index is 3.34. The molecule has 4 nitrogen and oxygen atoms in total. The highest BCUT2D eigenvalue weighted by atomic mass is 19.4. The fourth-order valence-corrected chi connectivity index (χ4v) is 1.65. The van der Waals surface area contributed by atoms with Gasteiger partial charge in [0.1, 0.15) is 5.75 Å². The molecule has 9 heteroatoms. The van der Waals surface area contributed by atoms with Gasteiger partial charge in [-0.1, -0.05) is 0 Å². The summed E-state index contributed by atoms with van der Waals surface area (Å²) in [5.41, 5.74) is -2.18. The number of hydrogen-bond donors (Lipinski definition) is 0. The molecule has 0 heterocycles. The zero-order chi connectivity index (χ0) is 16.9. The molecule has 0 unspecified atom stereocenters. The van der Waals surface area contributed by atoms with Crippen LogP contribution < -0.4 is 4.74 Å². The predicted octanol–water partition coefficient (Wildman–Crippen LogP) is 3.28. The highest BCUT2D eigenvalue weighted by Crippen LogP contribution is 2.38. The van der Waals surface area contributed by atoms with E-state index in [1.165, 1.54) is 13.0 Å². The Labute approximate surface area is 122 Å². The van der Waals surface area contributed by atoms with Crippen LogP contribution in [0.25, 0.3) is 0 Å². The summed E-state index contributed by atoms with van der Waals surface area (Å²) in [7, 11) is 0. The van der Waals surface area contributed by atoms with Gasteiger partial charge in [0.2, 0.25) is 0 Å². The quantitative estimate of drug-likeness (QED) is 0.616. The number of carbonyl (C=O) groups is 1. The molecule has 22 heavy (non-hydrogen) atoms. The number of nitrogens with zero attached hydrogens (tertiary/aromatic N) is 1. The lowest BCUT2D eigenvalue weighted by atomic mass is 10.0. The largest absolute Gasteiger partial charge is 0.466 e. The summed E-state index contributed by atoms with van der Waals surface area (Å²) >= 11 is 0. The second kappa shape index (κ2) is 7.06. The van der Waals surface area contributed by atoms with Gasteiger partial charge < -0.3 is 9.47 Å². The zero-order valence-corrected chi connectivity index (χ0v) is 11.2. The molecule has 120 valence electrons. The van der Waals surface area contributed by atoms with Crippen LogP contribution in [-0.2, 0) is 22.1 Å². The average Bonchev–Trinajstić information content (AvgIpc) is 2.37. The summed E-state index contributed by atoms with van der Waals surface area (Å²) in [4.78, 5) is 11.4. The molecule has 0 aliphatic heterocycles. The van der Waals surface area contributed by atoms with Gasteiger partial charge >= 0.3 is 18.8 Å². The van der Waals surface area contributed by atoms with E-state index in [-0.39, 0.29) is 12.2 Å². The van der Waals surface area contributed by atoms with Crippen molar-refractivity contribution in [2.45, 2.75) is 26.1 Å². The van der Waals surface area contributed by atoms with Gasteiger partial charge in [0.05, 0.1) is 30.2 Å². The van der Waals surface area contributed by atoms with Gasteiger partial charge in [-0.2, -0.15) is 27.2 Å². The van der Waals surface area contributed by atoms with Crippen molar-refractivity contribution in [3.63, 3.8) is 0 Å². The number of halogens is 5. The first kappa shape index (κ1) is 17.7. The highest BCUT2D eigenvalue weighted by Gasteiger charge is 2.36. The fraction of sp³-hybridized carbons (Fsp3) is 0.385. The van der Waals surface area contributed by atoms with E-state index in [4.69, 9.17) is 5.26 Å². The summed E-state index contributed by atoms with van der Waals surface area (Å²) in [6, 6.07) is 2.45. The zero-order valence-electron chi connectivity index (χ0n) is 11.2. The molecule has 0 aromatic heterocycles. The standard InChI is InChI=1S/C13H10F5NO3/c1-2-21-11(20)5-7-4-10(22-12(14)15)9(13(16,17)18)3-8(7)6-19/h3-4,12H,2,5H2,1H3. The van der Waals surface area contributed by atoms with Crippen LogP contribution in [-0.4, -0.2) is 19.2 Å². The van der Waals surface area contributed by atoms with Crippen LogP contribution in [0.1, 0.15) is 23.6 Å². The second-order valence-corrected chi connectivity index (χ2v) is 3.98. The lowest BCUT2D eigenvalue weighted by Gasteiger charge is -2.15. The van der Waals surface area contributed by atoms with Crippen LogP contribution in [0.5, 0.6) is 5.75 Å². The third kappa shape index (κ3) is 4.58. The number of alkyl halides is 5.